The average molecular weight is 540 g/mol. The molecule has 36 heavy (non-hydrogen) atoms. The van der Waals surface area contributed by atoms with E-state index >= 15 is 0 Å². The summed E-state index contributed by atoms with van der Waals surface area (Å²) in [5.74, 6) is -2.35. The number of aliphatic carboxylic acids is 1. The number of hydrogen-bond donors (Lipinski definition) is 3. The van der Waals surface area contributed by atoms with Gasteiger partial charge in [0.2, 0.25) is 11.8 Å². The lowest BCUT2D eigenvalue weighted by molar-refractivity contribution is -0.161. The van der Waals surface area contributed by atoms with Crippen LogP contribution in [0.25, 0.3) is 0 Å². The van der Waals surface area contributed by atoms with Gasteiger partial charge in [-0.1, -0.05) is 30.3 Å². The first-order valence-corrected chi connectivity index (χ1v) is 12.8. The van der Waals surface area contributed by atoms with Gasteiger partial charge in [-0.2, -0.15) is 0 Å². The standard InChI is InChI=1S/C21H25N5O8S2/c1-21(2)14(18(29)30)26-16(28)13(17(26)35-21)22-15(27)12(11-7-5-4-6-8-11)23-19(31)24-9-10-25(20(24)32)36(33)34-3/h4-8,12-14,17H,9-10H2,1-3H3,(H,22,27)(H,23,31)(H,29,30). The van der Waals surface area contributed by atoms with Crippen molar-refractivity contribution in [1.82, 2.24) is 24.7 Å². The maximum absolute atomic E-state index is 13.3. The van der Waals surface area contributed by atoms with Crippen molar-refractivity contribution < 1.29 is 37.5 Å². The van der Waals surface area contributed by atoms with Gasteiger partial charge in [0.1, 0.15) is 23.5 Å². The van der Waals surface area contributed by atoms with E-state index in [4.69, 9.17) is 0 Å². The second-order valence-corrected chi connectivity index (χ2v) is 11.8. The number of imide groups is 1. The molecule has 1 aromatic carbocycles. The van der Waals surface area contributed by atoms with E-state index in [1.807, 2.05) is 0 Å². The Balaban J connectivity index is 1.50. The average Bonchev–Trinajstić information content (AvgIpc) is 3.35. The van der Waals surface area contributed by atoms with Crippen LogP contribution in [0.15, 0.2) is 30.3 Å². The molecule has 15 heteroatoms. The summed E-state index contributed by atoms with van der Waals surface area (Å²) >= 11 is -0.773. The minimum absolute atomic E-state index is 0.0131. The Morgan fingerprint density at radius 2 is 1.86 bits per heavy atom. The van der Waals surface area contributed by atoms with Gasteiger partial charge in [0.25, 0.3) is 11.3 Å². The number of carbonyl (C=O) groups excluding carboxylic acids is 4. The van der Waals surface area contributed by atoms with Gasteiger partial charge in [0.15, 0.2) is 0 Å². The number of hydrogen-bond acceptors (Lipinski definition) is 8. The van der Waals surface area contributed by atoms with Gasteiger partial charge in [-0.25, -0.2) is 27.8 Å². The molecule has 1 aromatic rings. The fraction of sp³-hybridized carbons (Fsp3) is 0.476. The van der Waals surface area contributed by atoms with Crippen LogP contribution in [-0.2, 0) is 29.8 Å². The lowest BCUT2D eigenvalue weighted by Gasteiger charge is -2.44. The zero-order valence-corrected chi connectivity index (χ0v) is 21.2. The molecule has 3 heterocycles. The first-order chi connectivity index (χ1) is 17.0. The molecule has 3 aliphatic rings. The molecule has 0 bridgehead atoms. The van der Waals surface area contributed by atoms with Gasteiger partial charge >= 0.3 is 18.0 Å². The fourth-order valence-corrected chi connectivity index (χ4v) is 6.72. The molecule has 5 unspecified atom stereocenters. The van der Waals surface area contributed by atoms with Gasteiger partial charge in [-0.3, -0.25) is 13.8 Å². The van der Waals surface area contributed by atoms with E-state index in [9.17, 15) is 33.3 Å². The Morgan fingerprint density at radius 3 is 2.47 bits per heavy atom. The first kappa shape index (κ1) is 25.9. The van der Waals surface area contributed by atoms with E-state index < -0.39 is 69.4 Å². The summed E-state index contributed by atoms with van der Waals surface area (Å²) in [5, 5.41) is 14.2. The normalized spacial score (nSPS) is 26.2. The number of rotatable bonds is 7. The van der Waals surface area contributed by atoms with E-state index in [1.54, 1.807) is 44.2 Å². The monoisotopic (exact) mass is 539 g/mol. The predicted molar refractivity (Wildman–Crippen MR) is 127 cm³/mol. The topological polar surface area (TPSA) is 166 Å². The molecule has 6 amide bonds. The van der Waals surface area contributed by atoms with Gasteiger partial charge in [-0.15, -0.1) is 11.8 Å². The molecule has 13 nitrogen and oxygen atoms in total. The molecule has 3 N–H and O–H groups in total. The highest BCUT2D eigenvalue weighted by Gasteiger charge is 2.64. The second kappa shape index (κ2) is 9.71. The summed E-state index contributed by atoms with van der Waals surface area (Å²) in [4.78, 5) is 65.3. The zero-order chi connectivity index (χ0) is 26.4. The van der Waals surface area contributed by atoms with Gasteiger partial charge in [-0.05, 0) is 19.4 Å². The number of fused-ring (bicyclic) bond motifs is 1. The Hall–Kier alpha value is -3.17. The van der Waals surface area contributed by atoms with Crippen LogP contribution in [0.2, 0.25) is 0 Å². The number of carbonyl (C=O) groups is 5. The van der Waals surface area contributed by atoms with Gasteiger partial charge < -0.3 is 20.6 Å². The van der Waals surface area contributed by atoms with Crippen LogP contribution in [0.4, 0.5) is 9.59 Å². The number of thioether (sulfide) groups is 1. The summed E-state index contributed by atoms with van der Waals surface area (Å²) in [7, 11) is 1.16. The number of β-lactam (4-membered cyclic amide) rings is 1. The lowest BCUT2D eigenvalue weighted by atomic mass is 9.95. The summed E-state index contributed by atoms with van der Waals surface area (Å²) in [6, 6.07) is 3.27. The van der Waals surface area contributed by atoms with Crippen molar-refractivity contribution >= 4 is 52.9 Å². The minimum atomic E-state index is -2.05. The number of benzene rings is 1. The summed E-state index contributed by atoms with van der Waals surface area (Å²) in [5.41, 5.74) is 0.402. The SMILES string of the molecule is COS(=O)N1CCN(C(=O)NC(C(=O)NC2C(=O)N3C2SC(C)(C)C3C(=O)O)c2ccccc2)C1=O. The van der Waals surface area contributed by atoms with Crippen LogP contribution < -0.4 is 10.6 Å². The summed E-state index contributed by atoms with van der Waals surface area (Å²) in [6.07, 6.45) is 0. The maximum atomic E-state index is 13.3. The van der Waals surface area contributed by atoms with Crippen molar-refractivity contribution in [3.63, 3.8) is 0 Å². The highest BCUT2D eigenvalue weighted by Crippen LogP contribution is 2.50. The highest BCUT2D eigenvalue weighted by atomic mass is 32.2. The summed E-state index contributed by atoms with van der Waals surface area (Å²) < 4.78 is 16.6. The van der Waals surface area contributed by atoms with Gasteiger partial charge in [0, 0.05) is 4.75 Å². The largest absolute Gasteiger partial charge is 0.480 e. The van der Waals surface area contributed by atoms with Crippen LogP contribution in [0.5, 0.6) is 0 Å². The molecule has 3 saturated heterocycles. The molecule has 3 fully saturated rings. The maximum Gasteiger partial charge on any atom is 0.341 e. The Kier molecular flexibility index (Phi) is 6.99. The Labute approximate surface area is 213 Å². The van der Waals surface area contributed by atoms with Crippen molar-refractivity contribution in [2.75, 3.05) is 20.2 Å². The second-order valence-electron chi connectivity index (χ2n) is 8.80. The van der Waals surface area contributed by atoms with E-state index in [1.165, 1.54) is 16.7 Å². The molecule has 3 aliphatic heterocycles. The molecule has 0 spiro atoms. The number of carboxylic acids is 1. The van der Waals surface area contributed by atoms with Crippen molar-refractivity contribution in [3.05, 3.63) is 35.9 Å². The third-order valence-corrected chi connectivity index (χ3v) is 8.73. The Bertz CT molecular complexity index is 1130. The van der Waals surface area contributed by atoms with Crippen LogP contribution >= 0.6 is 11.8 Å². The lowest BCUT2D eigenvalue weighted by Crippen LogP contribution is -2.71. The number of amides is 6. The molecule has 0 radical (unpaired) electrons. The third kappa shape index (κ3) is 4.41. The minimum Gasteiger partial charge on any atom is -0.480 e. The molecular weight excluding hydrogens is 514 g/mol. The smallest absolute Gasteiger partial charge is 0.341 e. The van der Waals surface area contributed by atoms with E-state index in [0.717, 1.165) is 16.3 Å². The van der Waals surface area contributed by atoms with E-state index in [-0.39, 0.29) is 13.1 Å². The third-order valence-electron chi connectivity index (χ3n) is 6.17. The van der Waals surface area contributed by atoms with Crippen LogP contribution in [0.1, 0.15) is 25.5 Å². The van der Waals surface area contributed by atoms with Crippen molar-refractivity contribution in [1.29, 1.82) is 0 Å². The van der Waals surface area contributed by atoms with Crippen LogP contribution in [0.3, 0.4) is 0 Å². The molecule has 4 rings (SSSR count). The highest BCUT2D eigenvalue weighted by molar-refractivity contribution is 8.01. The predicted octanol–water partition coefficient (Wildman–Crippen LogP) is 0.0317. The molecule has 0 saturated carbocycles. The van der Waals surface area contributed by atoms with Crippen molar-refractivity contribution in [3.8, 4) is 0 Å². The van der Waals surface area contributed by atoms with Crippen molar-refractivity contribution in [2.45, 2.75) is 42.1 Å². The fourth-order valence-electron chi connectivity index (χ4n) is 4.46. The zero-order valence-electron chi connectivity index (χ0n) is 19.6. The van der Waals surface area contributed by atoms with Crippen LogP contribution in [0, 0.1) is 0 Å². The molecule has 0 aliphatic carbocycles. The number of carboxylic acid groups (broad SMARTS) is 1. The van der Waals surface area contributed by atoms with Crippen molar-refractivity contribution in [2.24, 2.45) is 0 Å². The van der Waals surface area contributed by atoms with Crippen LogP contribution in [-0.4, -0.2) is 95.7 Å². The molecular formula is C21H25N5O8S2. The number of urea groups is 2. The number of nitrogens with zero attached hydrogens (tertiary/aromatic N) is 3. The molecule has 0 aromatic heterocycles. The molecule has 194 valence electrons. The summed E-state index contributed by atoms with van der Waals surface area (Å²) in [6.45, 7) is 3.37. The first-order valence-electron chi connectivity index (χ1n) is 10.9. The molecule has 5 atom stereocenters. The van der Waals surface area contributed by atoms with Gasteiger partial charge in [0.05, 0.1) is 20.2 Å². The number of nitrogens with one attached hydrogen (secondary N) is 2. The quantitative estimate of drug-likeness (QED) is 0.405. The van der Waals surface area contributed by atoms with E-state index in [2.05, 4.69) is 14.8 Å². The van der Waals surface area contributed by atoms with E-state index in [0.29, 0.717) is 5.56 Å². The Morgan fingerprint density at radius 1 is 1.19 bits per heavy atom.